The molecule has 0 bridgehead atoms. The van der Waals surface area contributed by atoms with Gasteiger partial charge in [-0.05, 0) is 13.3 Å². The van der Waals surface area contributed by atoms with Crippen LogP contribution >= 0.6 is 0 Å². The van der Waals surface area contributed by atoms with Gasteiger partial charge in [-0.3, -0.25) is 4.79 Å². The number of unbranched alkanes of at least 4 members (excludes halogenated alkanes) is 4. The highest BCUT2D eigenvalue weighted by molar-refractivity contribution is 5.71. The number of methoxy groups -OCH3 is 1. The van der Waals surface area contributed by atoms with Crippen LogP contribution < -0.4 is 5.32 Å². The van der Waals surface area contributed by atoms with Crippen LogP contribution in [0.1, 0.15) is 52.4 Å². The maximum Gasteiger partial charge on any atom is 0.319 e. The summed E-state index contributed by atoms with van der Waals surface area (Å²) in [6.07, 6.45) is 7.65. The van der Waals surface area contributed by atoms with Crippen molar-refractivity contribution in [1.82, 2.24) is 5.32 Å². The van der Waals surface area contributed by atoms with Gasteiger partial charge in [-0.25, -0.2) is 0 Å². The van der Waals surface area contributed by atoms with E-state index in [0.717, 1.165) is 6.42 Å². The van der Waals surface area contributed by atoms with E-state index in [1.807, 2.05) is 0 Å². The fourth-order valence-electron chi connectivity index (χ4n) is 1.49. The third kappa shape index (κ3) is 9.73. The zero-order valence-electron chi connectivity index (χ0n) is 10.3. The molecule has 90 valence electrons. The van der Waals surface area contributed by atoms with Gasteiger partial charge in [0.15, 0.2) is 0 Å². The maximum atomic E-state index is 10.8. The summed E-state index contributed by atoms with van der Waals surface area (Å²) in [4.78, 5) is 10.8. The summed E-state index contributed by atoms with van der Waals surface area (Å²) in [6.45, 7) is 4.66. The Labute approximate surface area is 93.6 Å². The second kappa shape index (κ2) is 9.97. The SMILES string of the molecule is CCCCCCCC(C)NCC(=O)OC. The van der Waals surface area contributed by atoms with Crippen LogP contribution in [0, 0.1) is 0 Å². The Morgan fingerprint density at radius 2 is 1.93 bits per heavy atom. The van der Waals surface area contributed by atoms with Crippen LogP contribution in [0.3, 0.4) is 0 Å². The summed E-state index contributed by atoms with van der Waals surface area (Å²) in [5, 5.41) is 3.15. The first-order valence-corrected chi connectivity index (χ1v) is 6.00. The minimum atomic E-state index is -0.187. The Balaban J connectivity index is 3.25. The number of hydrogen-bond donors (Lipinski definition) is 1. The number of esters is 1. The zero-order chi connectivity index (χ0) is 11.5. The molecule has 0 saturated heterocycles. The third-order valence-corrected chi connectivity index (χ3v) is 2.56. The van der Waals surface area contributed by atoms with Gasteiger partial charge in [-0.1, -0.05) is 39.0 Å². The molecule has 3 nitrogen and oxygen atoms in total. The van der Waals surface area contributed by atoms with E-state index in [-0.39, 0.29) is 5.97 Å². The molecule has 1 atom stereocenters. The molecule has 0 rings (SSSR count). The van der Waals surface area contributed by atoms with Crippen molar-refractivity contribution in [3.63, 3.8) is 0 Å². The molecule has 0 radical (unpaired) electrons. The summed E-state index contributed by atoms with van der Waals surface area (Å²) in [6, 6.07) is 0.408. The largest absolute Gasteiger partial charge is 0.468 e. The van der Waals surface area contributed by atoms with Gasteiger partial charge in [-0.2, -0.15) is 0 Å². The van der Waals surface area contributed by atoms with Crippen molar-refractivity contribution < 1.29 is 9.53 Å². The number of carbonyl (C=O) groups is 1. The molecule has 0 aliphatic rings. The zero-order valence-corrected chi connectivity index (χ0v) is 10.3. The molecule has 0 aromatic carbocycles. The molecule has 0 aromatic heterocycles. The molecule has 15 heavy (non-hydrogen) atoms. The number of carbonyl (C=O) groups excluding carboxylic acids is 1. The van der Waals surface area contributed by atoms with E-state index in [1.54, 1.807) is 0 Å². The van der Waals surface area contributed by atoms with Gasteiger partial charge in [0.2, 0.25) is 0 Å². The standard InChI is InChI=1S/C12H25NO2/c1-4-5-6-7-8-9-11(2)13-10-12(14)15-3/h11,13H,4-10H2,1-3H3. The molecule has 0 aliphatic carbocycles. The molecule has 0 spiro atoms. The predicted molar refractivity (Wildman–Crippen MR) is 62.9 cm³/mol. The lowest BCUT2D eigenvalue weighted by Crippen LogP contribution is -2.31. The topological polar surface area (TPSA) is 38.3 Å². The lowest BCUT2D eigenvalue weighted by molar-refractivity contribution is -0.139. The molecule has 0 aliphatic heterocycles. The Morgan fingerprint density at radius 3 is 2.53 bits per heavy atom. The van der Waals surface area contributed by atoms with Gasteiger partial charge >= 0.3 is 5.97 Å². The quantitative estimate of drug-likeness (QED) is 0.474. The molecule has 1 N–H and O–H groups in total. The molecular formula is C12H25NO2. The molecule has 0 fully saturated rings. The first-order valence-electron chi connectivity index (χ1n) is 6.00. The van der Waals surface area contributed by atoms with Crippen molar-refractivity contribution in [1.29, 1.82) is 0 Å². The second-order valence-electron chi connectivity index (χ2n) is 4.06. The van der Waals surface area contributed by atoms with Gasteiger partial charge in [0.25, 0.3) is 0 Å². The minimum absolute atomic E-state index is 0.187. The monoisotopic (exact) mass is 215 g/mol. The lowest BCUT2D eigenvalue weighted by Gasteiger charge is -2.12. The Hall–Kier alpha value is -0.570. The normalized spacial score (nSPS) is 12.5. The lowest BCUT2D eigenvalue weighted by atomic mass is 10.1. The molecule has 0 saturated carbocycles. The minimum Gasteiger partial charge on any atom is -0.468 e. The van der Waals surface area contributed by atoms with Gasteiger partial charge in [0, 0.05) is 6.04 Å². The predicted octanol–water partition coefficient (Wildman–Crippen LogP) is 2.50. The van der Waals surface area contributed by atoms with Crippen LogP contribution in [0.2, 0.25) is 0 Å². The second-order valence-corrected chi connectivity index (χ2v) is 4.06. The van der Waals surface area contributed by atoms with E-state index in [2.05, 4.69) is 23.9 Å². The highest BCUT2D eigenvalue weighted by Crippen LogP contribution is 2.06. The van der Waals surface area contributed by atoms with Crippen LogP contribution in [0.15, 0.2) is 0 Å². The van der Waals surface area contributed by atoms with Crippen molar-refractivity contribution in [2.75, 3.05) is 13.7 Å². The molecule has 3 heteroatoms. The fraction of sp³-hybridized carbons (Fsp3) is 0.917. The smallest absolute Gasteiger partial charge is 0.319 e. The fourth-order valence-corrected chi connectivity index (χ4v) is 1.49. The van der Waals surface area contributed by atoms with Gasteiger partial charge in [0.1, 0.15) is 0 Å². The highest BCUT2D eigenvalue weighted by Gasteiger charge is 2.04. The van der Waals surface area contributed by atoms with E-state index in [1.165, 1.54) is 39.2 Å². The molecule has 0 aromatic rings. The third-order valence-electron chi connectivity index (χ3n) is 2.56. The summed E-state index contributed by atoms with van der Waals surface area (Å²) in [5.74, 6) is -0.187. The molecule has 0 heterocycles. The first-order chi connectivity index (χ1) is 7.20. The summed E-state index contributed by atoms with van der Waals surface area (Å²) in [7, 11) is 1.42. The molecule has 1 unspecified atom stereocenters. The summed E-state index contributed by atoms with van der Waals surface area (Å²) >= 11 is 0. The van der Waals surface area contributed by atoms with Gasteiger partial charge in [0.05, 0.1) is 13.7 Å². The van der Waals surface area contributed by atoms with E-state index in [4.69, 9.17) is 0 Å². The molecule has 0 amide bonds. The first kappa shape index (κ1) is 14.4. The van der Waals surface area contributed by atoms with Crippen LogP contribution in [0.25, 0.3) is 0 Å². The van der Waals surface area contributed by atoms with E-state index in [9.17, 15) is 4.79 Å². The number of hydrogen-bond acceptors (Lipinski definition) is 3. The van der Waals surface area contributed by atoms with Crippen LogP contribution in [-0.2, 0) is 9.53 Å². The number of ether oxygens (including phenoxy) is 1. The van der Waals surface area contributed by atoms with Crippen molar-refractivity contribution in [2.24, 2.45) is 0 Å². The summed E-state index contributed by atoms with van der Waals surface area (Å²) < 4.78 is 4.56. The van der Waals surface area contributed by atoms with E-state index in [0.29, 0.717) is 12.6 Å². The van der Waals surface area contributed by atoms with E-state index < -0.39 is 0 Å². The van der Waals surface area contributed by atoms with Crippen molar-refractivity contribution in [3.8, 4) is 0 Å². The van der Waals surface area contributed by atoms with E-state index >= 15 is 0 Å². The highest BCUT2D eigenvalue weighted by atomic mass is 16.5. The average Bonchev–Trinajstić information content (AvgIpc) is 2.25. The van der Waals surface area contributed by atoms with Crippen LogP contribution in [0.5, 0.6) is 0 Å². The molecular weight excluding hydrogens is 190 g/mol. The van der Waals surface area contributed by atoms with Crippen molar-refractivity contribution in [3.05, 3.63) is 0 Å². The Kier molecular flexibility index (Phi) is 9.59. The van der Waals surface area contributed by atoms with Gasteiger partial charge in [-0.15, -0.1) is 0 Å². The number of nitrogens with one attached hydrogen (secondary N) is 1. The average molecular weight is 215 g/mol. The maximum absolute atomic E-state index is 10.8. The Morgan fingerprint density at radius 1 is 1.27 bits per heavy atom. The van der Waals surface area contributed by atoms with Crippen molar-refractivity contribution >= 4 is 5.97 Å². The van der Waals surface area contributed by atoms with Crippen LogP contribution in [0.4, 0.5) is 0 Å². The van der Waals surface area contributed by atoms with Crippen LogP contribution in [-0.4, -0.2) is 25.7 Å². The summed E-state index contributed by atoms with van der Waals surface area (Å²) in [5.41, 5.74) is 0. The van der Waals surface area contributed by atoms with Gasteiger partial charge < -0.3 is 10.1 Å². The number of rotatable bonds is 9. The Bertz CT molecular complexity index is 160. The van der Waals surface area contributed by atoms with Crippen molar-refractivity contribution in [2.45, 2.75) is 58.4 Å².